The molecule has 2 unspecified atom stereocenters. The number of hydrogen-bond donors (Lipinski definition) is 3. The summed E-state index contributed by atoms with van der Waals surface area (Å²) in [6, 6.07) is 15.3. The summed E-state index contributed by atoms with van der Waals surface area (Å²) in [4.78, 5) is 26.2. The Morgan fingerprint density at radius 2 is 1.62 bits per heavy atom. The van der Waals surface area contributed by atoms with Crippen molar-refractivity contribution in [1.29, 1.82) is 0 Å². The first kappa shape index (κ1) is 28.0. The SMILES string of the molecule is Cc1cc(NCCO)ccc1CC(=O)c1cc(NC(=O)C2C(c3cc(Cl)cc(Cl)c3)C2(Cl)Cl)ccc1Cl. The second kappa shape index (κ2) is 11.4. The maximum atomic E-state index is 13.1. The first-order valence-electron chi connectivity index (χ1n) is 11.4. The van der Waals surface area contributed by atoms with Gasteiger partial charge in [0.15, 0.2) is 5.78 Å². The molecule has 0 aliphatic heterocycles. The smallest absolute Gasteiger partial charge is 0.231 e. The van der Waals surface area contributed by atoms with E-state index in [1.807, 2.05) is 25.1 Å². The number of Topliss-reactive ketones (excluding diaryl/α,β-unsaturated/α-hetero) is 1. The van der Waals surface area contributed by atoms with Crippen molar-refractivity contribution in [3.8, 4) is 0 Å². The molecule has 1 aliphatic rings. The molecular weight excluding hydrogens is 578 g/mol. The highest BCUT2D eigenvalue weighted by Crippen LogP contribution is 2.65. The van der Waals surface area contributed by atoms with Crippen molar-refractivity contribution in [3.63, 3.8) is 0 Å². The third kappa shape index (κ3) is 6.36. The number of hydrogen-bond acceptors (Lipinski definition) is 4. The summed E-state index contributed by atoms with van der Waals surface area (Å²) in [5.74, 6) is -1.81. The van der Waals surface area contributed by atoms with Crippen LogP contribution in [0.2, 0.25) is 15.1 Å². The third-order valence-electron chi connectivity index (χ3n) is 6.25. The Morgan fingerprint density at radius 1 is 0.946 bits per heavy atom. The number of alkyl halides is 2. The van der Waals surface area contributed by atoms with Crippen LogP contribution in [0.15, 0.2) is 54.6 Å². The zero-order valence-corrected chi connectivity index (χ0v) is 23.4. The zero-order valence-electron chi connectivity index (χ0n) is 19.6. The van der Waals surface area contributed by atoms with Crippen LogP contribution in [0, 0.1) is 12.8 Å². The van der Waals surface area contributed by atoms with Gasteiger partial charge in [-0.15, -0.1) is 23.2 Å². The average molecular weight is 601 g/mol. The lowest BCUT2D eigenvalue weighted by Gasteiger charge is -2.12. The van der Waals surface area contributed by atoms with E-state index in [4.69, 9.17) is 63.1 Å². The summed E-state index contributed by atoms with van der Waals surface area (Å²) < 4.78 is -1.32. The van der Waals surface area contributed by atoms with Crippen LogP contribution in [-0.2, 0) is 11.2 Å². The molecule has 3 aromatic rings. The number of anilines is 2. The number of carbonyl (C=O) groups is 2. The maximum Gasteiger partial charge on any atom is 0.231 e. The molecule has 3 aromatic carbocycles. The topological polar surface area (TPSA) is 78.4 Å². The minimum Gasteiger partial charge on any atom is -0.395 e. The van der Waals surface area contributed by atoms with Crippen molar-refractivity contribution < 1.29 is 14.7 Å². The number of benzene rings is 3. The quantitative estimate of drug-likeness (QED) is 0.178. The number of amides is 1. The van der Waals surface area contributed by atoms with Crippen molar-refractivity contribution in [2.45, 2.75) is 23.6 Å². The standard InChI is InChI=1S/C27H23Cl5N2O3/c1-14-8-19(33-6-7-35)3-2-15(14)11-23(36)21-13-20(4-5-22(21)30)34-26(37)25-24(27(25,31)32)16-9-17(28)12-18(29)10-16/h2-5,8-10,12-13,24-25,33,35H,6-7,11H2,1H3,(H,34,37). The summed E-state index contributed by atoms with van der Waals surface area (Å²) in [6.07, 6.45) is 0.135. The van der Waals surface area contributed by atoms with Crippen LogP contribution >= 0.6 is 58.0 Å². The van der Waals surface area contributed by atoms with E-state index in [1.54, 1.807) is 36.4 Å². The average Bonchev–Trinajstić information content (AvgIpc) is 3.41. The molecule has 5 nitrogen and oxygen atoms in total. The van der Waals surface area contributed by atoms with Gasteiger partial charge in [-0.25, -0.2) is 0 Å². The lowest BCUT2D eigenvalue weighted by atomic mass is 9.98. The van der Waals surface area contributed by atoms with E-state index in [-0.39, 0.29) is 23.8 Å². The van der Waals surface area contributed by atoms with Gasteiger partial charge in [0.05, 0.1) is 17.5 Å². The van der Waals surface area contributed by atoms with Crippen LogP contribution in [0.3, 0.4) is 0 Å². The van der Waals surface area contributed by atoms with Crippen LogP contribution in [0.5, 0.6) is 0 Å². The van der Waals surface area contributed by atoms with Crippen molar-refractivity contribution in [2.24, 2.45) is 5.92 Å². The van der Waals surface area contributed by atoms with E-state index < -0.39 is 22.1 Å². The fourth-order valence-electron chi connectivity index (χ4n) is 4.33. The highest BCUT2D eigenvalue weighted by atomic mass is 35.5. The Kier molecular flexibility index (Phi) is 8.64. The molecule has 0 aromatic heterocycles. The van der Waals surface area contributed by atoms with Crippen molar-refractivity contribution >= 4 is 81.1 Å². The fourth-order valence-corrected chi connectivity index (χ4v) is 5.93. The molecule has 1 amide bonds. The summed E-state index contributed by atoms with van der Waals surface area (Å²) in [7, 11) is 0. The molecule has 3 N–H and O–H groups in total. The highest BCUT2D eigenvalue weighted by Gasteiger charge is 2.67. The number of halogens is 5. The van der Waals surface area contributed by atoms with Gasteiger partial charge in [0.1, 0.15) is 4.33 Å². The zero-order chi connectivity index (χ0) is 26.9. The Labute approximate surface area is 240 Å². The molecule has 0 heterocycles. The van der Waals surface area contributed by atoms with E-state index >= 15 is 0 Å². The van der Waals surface area contributed by atoms with Crippen molar-refractivity contribution in [2.75, 3.05) is 23.8 Å². The predicted molar refractivity (Wildman–Crippen MR) is 152 cm³/mol. The molecule has 0 radical (unpaired) electrons. The van der Waals surface area contributed by atoms with Crippen LogP contribution in [0.25, 0.3) is 0 Å². The van der Waals surface area contributed by atoms with E-state index in [0.717, 1.165) is 16.8 Å². The van der Waals surface area contributed by atoms with Gasteiger partial charge in [-0.3, -0.25) is 9.59 Å². The molecule has 37 heavy (non-hydrogen) atoms. The third-order valence-corrected chi connectivity index (χ3v) is 7.96. The van der Waals surface area contributed by atoms with E-state index in [9.17, 15) is 9.59 Å². The summed E-state index contributed by atoms with van der Waals surface area (Å²) >= 11 is 31.4. The second-order valence-electron chi connectivity index (χ2n) is 8.91. The van der Waals surface area contributed by atoms with Crippen LogP contribution in [0.1, 0.15) is 33.0 Å². The molecule has 194 valence electrons. The Hall–Kier alpha value is -1.99. The number of nitrogens with one attached hydrogen (secondary N) is 2. The minimum atomic E-state index is -1.32. The van der Waals surface area contributed by atoms with E-state index in [2.05, 4.69) is 10.6 Å². The molecular formula is C27H23Cl5N2O3. The number of aliphatic hydroxyl groups is 1. The first-order chi connectivity index (χ1) is 17.5. The van der Waals surface area contributed by atoms with Gasteiger partial charge in [-0.2, -0.15) is 0 Å². The lowest BCUT2D eigenvalue weighted by molar-refractivity contribution is -0.117. The maximum absolute atomic E-state index is 13.1. The summed E-state index contributed by atoms with van der Waals surface area (Å²) in [6.45, 7) is 2.38. The first-order valence-corrected chi connectivity index (χ1v) is 13.3. The Balaban J connectivity index is 1.48. The van der Waals surface area contributed by atoms with Gasteiger partial charge in [-0.05, 0) is 72.1 Å². The number of rotatable bonds is 9. The lowest BCUT2D eigenvalue weighted by Crippen LogP contribution is -2.17. The highest BCUT2D eigenvalue weighted by molar-refractivity contribution is 6.53. The number of aryl methyl sites for hydroxylation is 1. The van der Waals surface area contributed by atoms with E-state index in [0.29, 0.717) is 33.4 Å². The van der Waals surface area contributed by atoms with Crippen molar-refractivity contribution in [1.82, 2.24) is 0 Å². The minimum absolute atomic E-state index is 0.0256. The van der Waals surface area contributed by atoms with Crippen molar-refractivity contribution in [3.05, 3.63) is 91.9 Å². The summed E-state index contributed by atoms with van der Waals surface area (Å²) in [5, 5.41) is 16.0. The van der Waals surface area contributed by atoms with E-state index in [1.165, 1.54) is 0 Å². The molecule has 0 saturated heterocycles. The molecule has 4 rings (SSSR count). The monoisotopic (exact) mass is 598 g/mol. The van der Waals surface area contributed by atoms with Gasteiger partial charge in [0.2, 0.25) is 5.91 Å². The van der Waals surface area contributed by atoms with Crippen LogP contribution < -0.4 is 10.6 Å². The van der Waals surface area contributed by atoms with Gasteiger partial charge < -0.3 is 15.7 Å². The van der Waals surface area contributed by atoms with Gasteiger partial charge in [0, 0.05) is 45.9 Å². The number of carbonyl (C=O) groups excluding carboxylic acids is 2. The molecule has 2 atom stereocenters. The number of aliphatic hydroxyl groups excluding tert-OH is 1. The Morgan fingerprint density at radius 3 is 2.27 bits per heavy atom. The van der Waals surface area contributed by atoms with Crippen LogP contribution in [0.4, 0.5) is 11.4 Å². The molecule has 0 bridgehead atoms. The van der Waals surface area contributed by atoms with Crippen LogP contribution in [-0.4, -0.2) is 34.3 Å². The molecule has 1 fully saturated rings. The normalized spacial score (nSPS) is 17.8. The second-order valence-corrected chi connectivity index (χ2v) is 11.6. The Bertz CT molecular complexity index is 1340. The molecule has 1 aliphatic carbocycles. The van der Waals surface area contributed by atoms with Gasteiger partial charge in [0.25, 0.3) is 0 Å². The van der Waals surface area contributed by atoms with Gasteiger partial charge in [-0.1, -0.05) is 40.9 Å². The number of ketones is 1. The largest absolute Gasteiger partial charge is 0.395 e. The van der Waals surface area contributed by atoms with Gasteiger partial charge >= 0.3 is 0 Å². The fraction of sp³-hybridized carbons (Fsp3) is 0.259. The summed E-state index contributed by atoms with van der Waals surface area (Å²) in [5.41, 5.74) is 4.00. The molecule has 1 saturated carbocycles. The predicted octanol–water partition coefficient (Wildman–Crippen LogP) is 7.31. The molecule has 0 spiro atoms. The molecule has 10 heteroatoms.